The van der Waals surface area contributed by atoms with Crippen LogP contribution >= 0.6 is 0 Å². The van der Waals surface area contributed by atoms with E-state index in [1.54, 1.807) is 0 Å². The summed E-state index contributed by atoms with van der Waals surface area (Å²) in [5.41, 5.74) is 0.236. The van der Waals surface area contributed by atoms with Crippen molar-refractivity contribution < 1.29 is 9.72 Å². The third kappa shape index (κ3) is 3.04. The number of nitrogens with zero attached hydrogens (tertiary/aromatic N) is 3. The average molecular weight is 226 g/mol. The highest BCUT2D eigenvalue weighted by Gasteiger charge is 2.16. The molecule has 0 fully saturated rings. The van der Waals surface area contributed by atoms with Gasteiger partial charge >= 0.3 is 5.69 Å². The lowest BCUT2D eigenvalue weighted by atomic mass is 10.4. The van der Waals surface area contributed by atoms with Crippen LogP contribution in [0.3, 0.4) is 0 Å². The number of rotatable bonds is 4. The summed E-state index contributed by atoms with van der Waals surface area (Å²) in [6, 6.07) is 0.0409. The minimum absolute atomic E-state index is 0.00708. The lowest BCUT2D eigenvalue weighted by Gasteiger charge is -2.07. The summed E-state index contributed by atoms with van der Waals surface area (Å²) in [7, 11) is 0. The van der Waals surface area contributed by atoms with E-state index in [0.29, 0.717) is 5.69 Å². The number of carbonyl (C=O) groups is 1. The molecule has 0 bridgehead atoms. The summed E-state index contributed by atoms with van der Waals surface area (Å²) in [4.78, 5) is 21.4. The van der Waals surface area contributed by atoms with Crippen LogP contribution in [0.2, 0.25) is 0 Å². The van der Waals surface area contributed by atoms with Gasteiger partial charge in [0.05, 0.1) is 4.92 Å². The SMILES string of the molecule is Cc1nn(CC(=O)NC(C)C)cc1[N+](=O)[O-]. The van der Waals surface area contributed by atoms with Crippen LogP contribution in [0.5, 0.6) is 0 Å². The van der Waals surface area contributed by atoms with Crippen molar-refractivity contribution in [1.29, 1.82) is 0 Å². The molecule has 88 valence electrons. The molecule has 1 heterocycles. The minimum Gasteiger partial charge on any atom is -0.352 e. The maximum Gasteiger partial charge on any atom is 0.309 e. The van der Waals surface area contributed by atoms with Gasteiger partial charge in [0, 0.05) is 6.04 Å². The summed E-state index contributed by atoms with van der Waals surface area (Å²) >= 11 is 0. The van der Waals surface area contributed by atoms with Gasteiger partial charge in [-0.15, -0.1) is 0 Å². The van der Waals surface area contributed by atoms with Gasteiger partial charge in [-0.25, -0.2) is 0 Å². The van der Waals surface area contributed by atoms with Gasteiger partial charge < -0.3 is 5.32 Å². The Morgan fingerprint density at radius 2 is 2.31 bits per heavy atom. The Kier molecular flexibility index (Phi) is 3.60. The maximum atomic E-state index is 11.4. The van der Waals surface area contributed by atoms with E-state index < -0.39 is 4.92 Å². The van der Waals surface area contributed by atoms with Gasteiger partial charge in [0.15, 0.2) is 0 Å². The van der Waals surface area contributed by atoms with Crippen LogP contribution < -0.4 is 5.32 Å². The van der Waals surface area contributed by atoms with Gasteiger partial charge in [-0.1, -0.05) is 0 Å². The largest absolute Gasteiger partial charge is 0.352 e. The molecule has 0 atom stereocenters. The number of aromatic nitrogens is 2. The van der Waals surface area contributed by atoms with Gasteiger partial charge in [0.25, 0.3) is 0 Å². The highest BCUT2D eigenvalue weighted by Crippen LogP contribution is 2.14. The van der Waals surface area contributed by atoms with Crippen LogP contribution in [0.1, 0.15) is 19.5 Å². The number of nitrogens with one attached hydrogen (secondary N) is 1. The summed E-state index contributed by atoms with van der Waals surface area (Å²) < 4.78 is 1.27. The van der Waals surface area contributed by atoms with Crippen LogP contribution in [0.4, 0.5) is 5.69 Å². The normalized spacial score (nSPS) is 10.5. The molecule has 1 N–H and O–H groups in total. The Balaban J connectivity index is 2.72. The predicted molar refractivity (Wildman–Crippen MR) is 56.9 cm³/mol. The molecule has 1 aromatic heterocycles. The van der Waals surface area contributed by atoms with Gasteiger partial charge in [0.1, 0.15) is 18.4 Å². The zero-order chi connectivity index (χ0) is 12.3. The van der Waals surface area contributed by atoms with Gasteiger partial charge in [0.2, 0.25) is 5.91 Å². The number of hydrogen-bond donors (Lipinski definition) is 1. The van der Waals surface area contributed by atoms with Crippen LogP contribution in [-0.4, -0.2) is 26.7 Å². The van der Waals surface area contributed by atoms with Crippen molar-refractivity contribution in [2.24, 2.45) is 0 Å². The first-order valence-electron chi connectivity index (χ1n) is 4.88. The Labute approximate surface area is 92.6 Å². The molecule has 0 unspecified atom stereocenters. The molecule has 1 rings (SSSR count). The van der Waals surface area contributed by atoms with Crippen molar-refractivity contribution in [2.45, 2.75) is 33.4 Å². The predicted octanol–water partition coefficient (Wildman–Crippen LogP) is 0.624. The molecular weight excluding hydrogens is 212 g/mol. The second-order valence-electron chi connectivity index (χ2n) is 3.78. The molecule has 0 aliphatic carbocycles. The molecular formula is C9H14N4O3. The number of nitro groups is 1. The first-order valence-corrected chi connectivity index (χ1v) is 4.88. The molecule has 0 aliphatic heterocycles. The number of aryl methyl sites for hydroxylation is 1. The van der Waals surface area contributed by atoms with E-state index >= 15 is 0 Å². The van der Waals surface area contributed by atoms with E-state index in [0.717, 1.165) is 0 Å². The molecule has 0 spiro atoms. The van der Waals surface area contributed by atoms with Crippen LogP contribution in [0.25, 0.3) is 0 Å². The Morgan fingerprint density at radius 1 is 1.69 bits per heavy atom. The Hall–Kier alpha value is -1.92. The average Bonchev–Trinajstić information content (AvgIpc) is 2.44. The van der Waals surface area contributed by atoms with Crippen molar-refractivity contribution in [1.82, 2.24) is 15.1 Å². The fraction of sp³-hybridized carbons (Fsp3) is 0.556. The minimum atomic E-state index is -0.515. The lowest BCUT2D eigenvalue weighted by Crippen LogP contribution is -2.33. The smallest absolute Gasteiger partial charge is 0.309 e. The lowest BCUT2D eigenvalue weighted by molar-refractivity contribution is -0.385. The number of carbonyl (C=O) groups excluding carboxylic acids is 1. The van der Waals surface area contributed by atoms with Crippen molar-refractivity contribution in [2.75, 3.05) is 0 Å². The van der Waals surface area contributed by atoms with Gasteiger partial charge in [-0.05, 0) is 20.8 Å². The van der Waals surface area contributed by atoms with Crippen LogP contribution in [0.15, 0.2) is 6.20 Å². The summed E-state index contributed by atoms with van der Waals surface area (Å²) in [5.74, 6) is -0.215. The molecule has 7 nitrogen and oxygen atoms in total. The highest BCUT2D eigenvalue weighted by molar-refractivity contribution is 5.75. The zero-order valence-electron chi connectivity index (χ0n) is 9.43. The topological polar surface area (TPSA) is 90.1 Å². The first-order chi connectivity index (χ1) is 7.40. The third-order valence-corrected chi connectivity index (χ3v) is 1.87. The molecule has 0 aliphatic rings. The quantitative estimate of drug-likeness (QED) is 0.602. The van der Waals surface area contributed by atoms with E-state index in [2.05, 4.69) is 10.4 Å². The second kappa shape index (κ2) is 4.73. The maximum absolute atomic E-state index is 11.4. The Bertz CT molecular complexity index is 411. The Morgan fingerprint density at radius 3 is 2.75 bits per heavy atom. The molecule has 0 saturated carbocycles. The summed E-state index contributed by atoms with van der Waals surface area (Å²) in [6.45, 7) is 5.21. The molecule has 7 heteroatoms. The third-order valence-electron chi connectivity index (χ3n) is 1.87. The fourth-order valence-electron chi connectivity index (χ4n) is 1.28. The molecule has 16 heavy (non-hydrogen) atoms. The summed E-state index contributed by atoms with van der Waals surface area (Å²) in [6.07, 6.45) is 1.26. The highest BCUT2D eigenvalue weighted by atomic mass is 16.6. The monoisotopic (exact) mass is 226 g/mol. The van der Waals surface area contributed by atoms with Crippen molar-refractivity contribution in [3.05, 3.63) is 22.0 Å². The molecule has 0 radical (unpaired) electrons. The standard InChI is InChI=1S/C9H14N4O3/c1-6(2)10-9(14)5-12-4-8(13(15)16)7(3)11-12/h4,6H,5H2,1-3H3,(H,10,14). The zero-order valence-corrected chi connectivity index (χ0v) is 9.43. The fourth-order valence-corrected chi connectivity index (χ4v) is 1.28. The second-order valence-corrected chi connectivity index (χ2v) is 3.78. The van der Waals surface area contributed by atoms with Crippen molar-refractivity contribution in [3.8, 4) is 0 Å². The van der Waals surface area contributed by atoms with Crippen molar-refractivity contribution in [3.63, 3.8) is 0 Å². The molecule has 1 amide bonds. The van der Waals surface area contributed by atoms with E-state index in [-0.39, 0.29) is 24.2 Å². The first kappa shape index (κ1) is 12.2. The summed E-state index contributed by atoms with van der Waals surface area (Å²) in [5, 5.41) is 17.1. The molecule has 0 aromatic carbocycles. The molecule has 0 saturated heterocycles. The van der Waals surface area contributed by atoms with E-state index in [4.69, 9.17) is 0 Å². The molecule has 1 aromatic rings. The van der Waals surface area contributed by atoms with Crippen molar-refractivity contribution >= 4 is 11.6 Å². The number of hydrogen-bond acceptors (Lipinski definition) is 4. The van der Waals surface area contributed by atoms with Gasteiger partial charge in [-0.2, -0.15) is 5.10 Å². The van der Waals surface area contributed by atoms with Gasteiger partial charge in [-0.3, -0.25) is 19.6 Å². The van der Waals surface area contributed by atoms with E-state index in [1.165, 1.54) is 17.8 Å². The van der Waals surface area contributed by atoms with E-state index in [1.807, 2.05) is 13.8 Å². The van der Waals surface area contributed by atoms with Crippen LogP contribution in [0, 0.1) is 17.0 Å². The number of amides is 1. The van der Waals surface area contributed by atoms with Crippen LogP contribution in [-0.2, 0) is 11.3 Å². The van der Waals surface area contributed by atoms with E-state index in [9.17, 15) is 14.9 Å².